The zero-order valence-corrected chi connectivity index (χ0v) is 13.0. The molecule has 1 aromatic rings. The molecule has 1 heterocycles. The average Bonchev–Trinajstić information content (AvgIpc) is 3.08. The zero-order valence-electron chi connectivity index (χ0n) is 13.0. The topological polar surface area (TPSA) is 66.0 Å². The van der Waals surface area contributed by atoms with Crippen LogP contribution in [0.4, 0.5) is 0 Å². The van der Waals surface area contributed by atoms with E-state index in [4.69, 9.17) is 4.42 Å². The van der Waals surface area contributed by atoms with Crippen molar-refractivity contribution in [3.05, 3.63) is 29.7 Å². The van der Waals surface area contributed by atoms with Crippen molar-refractivity contribution in [2.24, 2.45) is 5.92 Å². The molecule has 1 N–H and O–H groups in total. The van der Waals surface area contributed by atoms with Crippen LogP contribution in [0.3, 0.4) is 0 Å². The number of carbonyl (C=O) groups is 1. The molecule has 0 aliphatic heterocycles. The van der Waals surface area contributed by atoms with Crippen molar-refractivity contribution in [1.82, 2.24) is 5.32 Å². The standard InChI is InChI=1S/C18H22N2O2/c1-13-11-15(13)16-7-5-14(22-16)6-8-17(21)20-18(12-19)9-3-2-4-10-18/h5-8,13,15H,2-4,9-11H2,1H3,(H,20,21)/b8-6+. The van der Waals surface area contributed by atoms with Gasteiger partial charge in [-0.3, -0.25) is 4.79 Å². The van der Waals surface area contributed by atoms with Gasteiger partial charge >= 0.3 is 0 Å². The Kier molecular flexibility index (Phi) is 4.06. The van der Waals surface area contributed by atoms with E-state index in [1.807, 2.05) is 12.1 Å². The van der Waals surface area contributed by atoms with Crippen LogP contribution in [0.2, 0.25) is 0 Å². The van der Waals surface area contributed by atoms with Gasteiger partial charge in [-0.25, -0.2) is 0 Å². The maximum absolute atomic E-state index is 12.1. The maximum Gasteiger partial charge on any atom is 0.245 e. The van der Waals surface area contributed by atoms with Crippen LogP contribution < -0.4 is 5.32 Å². The largest absolute Gasteiger partial charge is 0.461 e. The van der Waals surface area contributed by atoms with E-state index in [9.17, 15) is 10.1 Å². The average molecular weight is 298 g/mol. The van der Waals surface area contributed by atoms with Crippen molar-refractivity contribution in [2.75, 3.05) is 0 Å². The van der Waals surface area contributed by atoms with Gasteiger partial charge in [-0.1, -0.05) is 26.2 Å². The molecule has 2 aliphatic carbocycles. The molecule has 2 fully saturated rings. The van der Waals surface area contributed by atoms with Crippen LogP contribution in [-0.2, 0) is 4.79 Å². The second kappa shape index (κ2) is 6.00. The van der Waals surface area contributed by atoms with Crippen molar-refractivity contribution in [2.45, 2.75) is 56.9 Å². The molecular weight excluding hydrogens is 276 g/mol. The zero-order chi connectivity index (χ0) is 15.6. The molecule has 2 saturated carbocycles. The number of hydrogen-bond acceptors (Lipinski definition) is 3. The number of furan rings is 1. The lowest BCUT2D eigenvalue weighted by atomic mass is 9.83. The van der Waals surface area contributed by atoms with Crippen LogP contribution >= 0.6 is 0 Å². The van der Waals surface area contributed by atoms with Crippen LogP contribution in [0, 0.1) is 17.2 Å². The molecule has 0 spiro atoms. The molecule has 0 bridgehead atoms. The Bertz CT molecular complexity index is 617. The third-order valence-corrected chi connectivity index (χ3v) is 4.81. The molecule has 0 saturated heterocycles. The summed E-state index contributed by atoms with van der Waals surface area (Å²) in [4.78, 5) is 12.1. The first-order valence-corrected chi connectivity index (χ1v) is 8.13. The molecule has 2 atom stereocenters. The summed E-state index contributed by atoms with van der Waals surface area (Å²) in [5.41, 5.74) is -0.683. The van der Waals surface area contributed by atoms with Crippen molar-refractivity contribution >= 4 is 12.0 Å². The number of rotatable bonds is 4. The number of nitrogens with one attached hydrogen (secondary N) is 1. The van der Waals surface area contributed by atoms with Crippen molar-refractivity contribution in [3.8, 4) is 6.07 Å². The van der Waals surface area contributed by atoms with Gasteiger partial charge in [-0.15, -0.1) is 0 Å². The van der Waals surface area contributed by atoms with Crippen LogP contribution in [0.1, 0.15) is 62.9 Å². The number of amides is 1. The van der Waals surface area contributed by atoms with Gasteiger partial charge in [0.2, 0.25) is 5.91 Å². The van der Waals surface area contributed by atoms with Gasteiger partial charge in [0.15, 0.2) is 0 Å². The van der Waals surface area contributed by atoms with Crippen LogP contribution in [0.5, 0.6) is 0 Å². The Labute approximate surface area is 131 Å². The summed E-state index contributed by atoms with van der Waals surface area (Å²) in [5.74, 6) is 2.72. The van der Waals surface area contributed by atoms with E-state index in [0.29, 0.717) is 17.6 Å². The van der Waals surface area contributed by atoms with Crippen molar-refractivity contribution < 1.29 is 9.21 Å². The van der Waals surface area contributed by atoms with Gasteiger partial charge in [0.05, 0.1) is 6.07 Å². The summed E-state index contributed by atoms with van der Waals surface area (Å²) in [7, 11) is 0. The van der Waals surface area contributed by atoms with Crippen molar-refractivity contribution in [1.29, 1.82) is 5.26 Å². The Morgan fingerprint density at radius 3 is 2.77 bits per heavy atom. The number of nitriles is 1. The fourth-order valence-electron chi connectivity index (χ4n) is 3.23. The summed E-state index contributed by atoms with van der Waals surface area (Å²) in [6.07, 6.45) is 8.95. The van der Waals surface area contributed by atoms with E-state index in [-0.39, 0.29) is 5.91 Å². The number of hydrogen-bond donors (Lipinski definition) is 1. The summed E-state index contributed by atoms with van der Waals surface area (Å²) in [5, 5.41) is 12.2. The molecular formula is C18H22N2O2. The first-order chi connectivity index (χ1) is 10.6. The Hall–Kier alpha value is -2.02. The second-order valence-corrected chi connectivity index (χ2v) is 6.64. The predicted molar refractivity (Wildman–Crippen MR) is 83.8 cm³/mol. The lowest BCUT2D eigenvalue weighted by Crippen LogP contribution is -2.48. The molecule has 2 aliphatic rings. The number of carbonyl (C=O) groups excluding carboxylic acids is 1. The maximum atomic E-state index is 12.1. The summed E-state index contributed by atoms with van der Waals surface area (Å²) >= 11 is 0. The third-order valence-electron chi connectivity index (χ3n) is 4.81. The second-order valence-electron chi connectivity index (χ2n) is 6.64. The summed E-state index contributed by atoms with van der Waals surface area (Å²) in [6.45, 7) is 2.21. The fraction of sp³-hybridized carbons (Fsp3) is 0.556. The first kappa shape index (κ1) is 14.9. The highest BCUT2D eigenvalue weighted by atomic mass is 16.3. The van der Waals surface area contributed by atoms with Gasteiger partial charge in [-0.05, 0) is 43.4 Å². The molecule has 3 rings (SSSR count). The molecule has 1 amide bonds. The molecule has 0 aromatic carbocycles. The SMILES string of the molecule is CC1CC1c1ccc(/C=C/C(=O)NC2(C#N)CCCCC2)o1. The van der Waals surface area contributed by atoms with Gasteiger partial charge in [0.25, 0.3) is 0 Å². The lowest BCUT2D eigenvalue weighted by Gasteiger charge is -2.30. The quantitative estimate of drug-likeness (QED) is 0.861. The smallest absolute Gasteiger partial charge is 0.245 e. The van der Waals surface area contributed by atoms with Crippen LogP contribution in [0.25, 0.3) is 6.08 Å². The van der Waals surface area contributed by atoms with Gasteiger partial charge in [0, 0.05) is 12.0 Å². The van der Waals surface area contributed by atoms with E-state index in [0.717, 1.165) is 37.9 Å². The Morgan fingerprint density at radius 2 is 2.14 bits per heavy atom. The molecule has 0 radical (unpaired) electrons. The Balaban J connectivity index is 1.59. The first-order valence-electron chi connectivity index (χ1n) is 8.13. The highest BCUT2D eigenvalue weighted by Crippen LogP contribution is 2.47. The molecule has 4 heteroatoms. The fourth-order valence-corrected chi connectivity index (χ4v) is 3.23. The third kappa shape index (κ3) is 3.24. The highest BCUT2D eigenvalue weighted by molar-refractivity contribution is 5.92. The van der Waals surface area contributed by atoms with E-state index in [2.05, 4.69) is 18.3 Å². The molecule has 116 valence electrons. The molecule has 4 nitrogen and oxygen atoms in total. The predicted octanol–water partition coefficient (Wildman–Crippen LogP) is 3.76. The van der Waals surface area contributed by atoms with E-state index in [1.165, 1.54) is 12.5 Å². The number of nitrogens with zero attached hydrogens (tertiary/aromatic N) is 1. The summed E-state index contributed by atoms with van der Waals surface area (Å²) in [6, 6.07) is 6.17. The lowest BCUT2D eigenvalue weighted by molar-refractivity contribution is -0.118. The van der Waals surface area contributed by atoms with Crippen LogP contribution in [-0.4, -0.2) is 11.4 Å². The molecule has 22 heavy (non-hydrogen) atoms. The normalized spacial score (nSPS) is 26.5. The minimum absolute atomic E-state index is 0.221. The van der Waals surface area contributed by atoms with Gasteiger partial charge < -0.3 is 9.73 Å². The van der Waals surface area contributed by atoms with Crippen LogP contribution in [0.15, 0.2) is 22.6 Å². The highest BCUT2D eigenvalue weighted by Gasteiger charge is 2.36. The summed E-state index contributed by atoms with van der Waals surface area (Å²) < 4.78 is 5.74. The van der Waals surface area contributed by atoms with Gasteiger partial charge in [-0.2, -0.15) is 5.26 Å². The van der Waals surface area contributed by atoms with Crippen molar-refractivity contribution in [3.63, 3.8) is 0 Å². The molecule has 2 unspecified atom stereocenters. The molecule has 1 aromatic heterocycles. The Morgan fingerprint density at radius 1 is 1.41 bits per heavy atom. The minimum atomic E-state index is -0.683. The monoisotopic (exact) mass is 298 g/mol. The van der Waals surface area contributed by atoms with E-state index >= 15 is 0 Å². The van der Waals surface area contributed by atoms with E-state index < -0.39 is 5.54 Å². The minimum Gasteiger partial charge on any atom is -0.461 e. The van der Waals surface area contributed by atoms with Gasteiger partial charge in [0.1, 0.15) is 17.1 Å². The van der Waals surface area contributed by atoms with E-state index in [1.54, 1.807) is 6.08 Å².